The third kappa shape index (κ3) is 2.37. The Morgan fingerprint density at radius 1 is 1.60 bits per heavy atom. The average molecular weight is 210 g/mol. The van der Waals surface area contributed by atoms with Crippen molar-refractivity contribution in [2.45, 2.75) is 32.6 Å². The quantitative estimate of drug-likeness (QED) is 0.749. The average Bonchev–Trinajstić information content (AvgIpc) is 2.72. The van der Waals surface area contributed by atoms with E-state index in [4.69, 9.17) is 4.42 Å². The van der Waals surface area contributed by atoms with E-state index in [2.05, 4.69) is 24.3 Å². The minimum atomic E-state index is 0.503. The molecule has 1 saturated heterocycles. The second-order valence-electron chi connectivity index (χ2n) is 4.75. The molecule has 1 aromatic rings. The molecule has 1 N–H and O–H groups in total. The van der Waals surface area contributed by atoms with Gasteiger partial charge in [0.2, 0.25) is 0 Å². The summed E-state index contributed by atoms with van der Waals surface area (Å²) >= 11 is 0. The van der Waals surface area contributed by atoms with Crippen LogP contribution in [0.2, 0.25) is 0 Å². The number of aryl methyl sites for hydroxylation is 1. The van der Waals surface area contributed by atoms with E-state index in [0.29, 0.717) is 11.8 Å². The van der Waals surface area contributed by atoms with Crippen LogP contribution in [-0.2, 0) is 13.5 Å². The van der Waals surface area contributed by atoms with Crippen LogP contribution < -0.4 is 10.00 Å². The van der Waals surface area contributed by atoms with Crippen LogP contribution in [0.4, 0.5) is 0 Å². The summed E-state index contributed by atoms with van der Waals surface area (Å²) in [5, 5.41) is 7.76. The van der Waals surface area contributed by atoms with Gasteiger partial charge in [-0.05, 0) is 18.9 Å². The van der Waals surface area contributed by atoms with Gasteiger partial charge in [-0.1, -0.05) is 18.5 Å². The van der Waals surface area contributed by atoms with E-state index in [1.54, 1.807) is 0 Å². The zero-order chi connectivity index (χ0) is 10.8. The number of hydrogen-bond donors (Lipinski definition) is 1. The highest BCUT2D eigenvalue weighted by Crippen LogP contribution is 2.20. The lowest BCUT2D eigenvalue weighted by Crippen LogP contribution is -2.36. The molecule has 1 aromatic heterocycles. The summed E-state index contributed by atoms with van der Waals surface area (Å²) in [6, 6.07) is 0. The molecule has 4 nitrogen and oxygen atoms in total. The van der Waals surface area contributed by atoms with Crippen molar-refractivity contribution >= 4 is 0 Å². The lowest BCUT2D eigenvalue weighted by molar-refractivity contribution is -0.739. The number of nitrogens with one attached hydrogen (secondary N) is 1. The standard InChI is InChI=1S/C11H20N3O/c1-8(2)6-10-13-14(3)11(15-10)9-4-5-12-7-9/h8-9,12H,4-7H2,1-3H3/q+1. The molecule has 1 atom stereocenters. The molecule has 4 heteroatoms. The van der Waals surface area contributed by atoms with Crippen molar-refractivity contribution in [3.8, 4) is 0 Å². The Morgan fingerprint density at radius 2 is 2.40 bits per heavy atom. The number of nitrogens with zero attached hydrogens (tertiary/aromatic N) is 2. The summed E-state index contributed by atoms with van der Waals surface area (Å²) in [5.41, 5.74) is 0. The maximum atomic E-state index is 5.82. The van der Waals surface area contributed by atoms with Crippen LogP contribution in [-0.4, -0.2) is 18.2 Å². The van der Waals surface area contributed by atoms with Gasteiger partial charge in [0.05, 0.1) is 5.92 Å². The van der Waals surface area contributed by atoms with Crippen LogP contribution in [0.3, 0.4) is 0 Å². The van der Waals surface area contributed by atoms with Crippen LogP contribution in [0.5, 0.6) is 0 Å². The maximum Gasteiger partial charge on any atom is 0.378 e. The third-order valence-corrected chi connectivity index (χ3v) is 2.80. The summed E-state index contributed by atoms with van der Waals surface area (Å²) in [4.78, 5) is 0. The van der Waals surface area contributed by atoms with Gasteiger partial charge in [-0.2, -0.15) is 0 Å². The molecule has 1 aliphatic heterocycles. The highest BCUT2D eigenvalue weighted by molar-refractivity contribution is 4.91. The topological polar surface area (TPSA) is 41.9 Å². The van der Waals surface area contributed by atoms with Crippen LogP contribution >= 0.6 is 0 Å². The maximum absolute atomic E-state index is 5.82. The Morgan fingerprint density at radius 3 is 3.00 bits per heavy atom. The second kappa shape index (κ2) is 4.31. The van der Waals surface area contributed by atoms with Gasteiger partial charge in [0, 0.05) is 18.1 Å². The molecule has 1 fully saturated rings. The first-order valence-corrected chi connectivity index (χ1v) is 5.73. The number of rotatable bonds is 3. The second-order valence-corrected chi connectivity index (χ2v) is 4.75. The molecule has 2 heterocycles. The molecule has 2 rings (SSSR count). The smallest absolute Gasteiger partial charge is 0.378 e. The first-order valence-electron chi connectivity index (χ1n) is 5.73. The molecule has 15 heavy (non-hydrogen) atoms. The van der Waals surface area contributed by atoms with Gasteiger partial charge >= 0.3 is 5.89 Å². The Bertz CT molecular complexity index is 327. The molecule has 1 aliphatic rings. The van der Waals surface area contributed by atoms with Gasteiger partial charge < -0.3 is 9.73 Å². The predicted molar refractivity (Wildman–Crippen MR) is 56.4 cm³/mol. The van der Waals surface area contributed by atoms with Gasteiger partial charge in [-0.25, -0.2) is 0 Å². The molecule has 84 valence electrons. The Kier molecular flexibility index (Phi) is 3.05. The van der Waals surface area contributed by atoms with Crippen LogP contribution in [0.1, 0.15) is 38.0 Å². The fraction of sp³-hybridized carbons (Fsp3) is 0.818. The summed E-state index contributed by atoms with van der Waals surface area (Å²) in [7, 11) is 1.97. The summed E-state index contributed by atoms with van der Waals surface area (Å²) in [5.74, 6) is 2.99. The van der Waals surface area contributed by atoms with E-state index in [-0.39, 0.29) is 0 Å². The van der Waals surface area contributed by atoms with E-state index in [1.807, 2.05) is 11.7 Å². The van der Waals surface area contributed by atoms with Crippen LogP contribution in [0.25, 0.3) is 0 Å². The lowest BCUT2D eigenvalue weighted by atomic mass is 10.1. The third-order valence-electron chi connectivity index (χ3n) is 2.80. The molecular weight excluding hydrogens is 190 g/mol. The van der Waals surface area contributed by atoms with Crippen molar-refractivity contribution in [1.29, 1.82) is 0 Å². The van der Waals surface area contributed by atoms with E-state index in [0.717, 1.165) is 37.7 Å². The minimum absolute atomic E-state index is 0.503. The van der Waals surface area contributed by atoms with Crippen molar-refractivity contribution < 1.29 is 9.10 Å². The summed E-state index contributed by atoms with van der Waals surface area (Å²) < 4.78 is 7.72. The fourth-order valence-electron chi connectivity index (χ4n) is 2.07. The van der Waals surface area contributed by atoms with Gasteiger partial charge in [0.25, 0.3) is 5.89 Å². The first-order chi connectivity index (χ1) is 7.16. The van der Waals surface area contributed by atoms with Gasteiger partial charge in [-0.15, -0.1) is 0 Å². The van der Waals surface area contributed by atoms with Crippen molar-refractivity contribution in [3.63, 3.8) is 0 Å². The molecule has 0 aliphatic carbocycles. The molecule has 0 radical (unpaired) electrons. The Hall–Kier alpha value is -0.900. The van der Waals surface area contributed by atoms with Crippen molar-refractivity contribution in [2.75, 3.05) is 13.1 Å². The molecule has 0 saturated carbocycles. The van der Waals surface area contributed by atoms with Crippen molar-refractivity contribution in [2.24, 2.45) is 13.0 Å². The zero-order valence-corrected chi connectivity index (χ0v) is 9.79. The largest absolute Gasteiger partial charge is 0.385 e. The van der Waals surface area contributed by atoms with E-state index in [1.165, 1.54) is 0 Å². The van der Waals surface area contributed by atoms with Gasteiger partial charge in [0.15, 0.2) is 7.05 Å². The van der Waals surface area contributed by atoms with Crippen molar-refractivity contribution in [1.82, 2.24) is 10.4 Å². The molecule has 0 amide bonds. The SMILES string of the molecule is CC(C)Cc1n[n+](C)c(C2CCNC2)o1. The molecular formula is C11H20N3O+. The van der Waals surface area contributed by atoms with Gasteiger partial charge in [0.1, 0.15) is 0 Å². The number of hydrogen-bond acceptors (Lipinski definition) is 3. The van der Waals surface area contributed by atoms with Crippen LogP contribution in [0, 0.1) is 5.92 Å². The Labute approximate surface area is 90.7 Å². The highest BCUT2D eigenvalue weighted by Gasteiger charge is 2.30. The molecule has 1 unspecified atom stereocenters. The molecule has 0 bridgehead atoms. The number of aromatic nitrogens is 2. The normalized spacial score (nSPS) is 21.5. The molecule has 0 aromatic carbocycles. The minimum Gasteiger partial charge on any atom is -0.385 e. The van der Waals surface area contributed by atoms with E-state index < -0.39 is 0 Å². The Balaban J connectivity index is 2.13. The highest BCUT2D eigenvalue weighted by atomic mass is 16.4. The van der Waals surface area contributed by atoms with Crippen LogP contribution in [0.15, 0.2) is 4.42 Å². The van der Waals surface area contributed by atoms with E-state index >= 15 is 0 Å². The lowest BCUT2D eigenvalue weighted by Gasteiger charge is -1.97. The zero-order valence-electron chi connectivity index (χ0n) is 9.79. The fourth-order valence-corrected chi connectivity index (χ4v) is 2.07. The monoisotopic (exact) mass is 210 g/mol. The molecule has 0 spiro atoms. The first kappa shape index (κ1) is 10.6. The summed E-state index contributed by atoms with van der Waals surface area (Å²) in [6.45, 7) is 6.47. The van der Waals surface area contributed by atoms with Crippen molar-refractivity contribution in [3.05, 3.63) is 11.8 Å². The van der Waals surface area contributed by atoms with Gasteiger partial charge in [-0.3, -0.25) is 0 Å². The summed E-state index contributed by atoms with van der Waals surface area (Å²) in [6.07, 6.45) is 2.08. The van der Waals surface area contributed by atoms with E-state index in [9.17, 15) is 0 Å². The predicted octanol–water partition coefficient (Wildman–Crippen LogP) is 0.774.